The summed E-state index contributed by atoms with van der Waals surface area (Å²) in [4.78, 5) is 19.3. The summed E-state index contributed by atoms with van der Waals surface area (Å²) in [5.41, 5.74) is 0.176. The van der Waals surface area contributed by atoms with Gasteiger partial charge in [-0.3, -0.25) is 9.35 Å². The molecule has 0 aromatic rings. The van der Waals surface area contributed by atoms with E-state index >= 15 is 0 Å². The molecule has 3 N–H and O–H groups in total. The number of carboxylic acid groups (broad SMARTS) is 2. The molecule has 0 aromatic heterocycles. The molecule has 0 atom stereocenters. The fourth-order valence-corrected chi connectivity index (χ4v) is 0.649. The number of rotatable bonds is 4. The lowest BCUT2D eigenvalue weighted by molar-refractivity contribution is -0.136. The first-order chi connectivity index (χ1) is 6.56. The van der Waals surface area contributed by atoms with Crippen molar-refractivity contribution in [3.63, 3.8) is 0 Å². The Morgan fingerprint density at radius 1 is 1.27 bits per heavy atom. The maximum absolute atomic E-state index is 9.83. The number of carbonyl (C=O) groups is 2. The standard InChI is InChI=1S/C4H6O2.C3H6O5S/c1-3(2)4(5)6;4-3(5)1-2-9(6,7)8/h1H2,2H3,(H,5,6);1-2H2,(H,4,5)(H,6,7,8). The topological polar surface area (TPSA) is 129 Å². The van der Waals surface area contributed by atoms with Crippen LogP contribution < -0.4 is 0 Å². The molecule has 15 heavy (non-hydrogen) atoms. The van der Waals surface area contributed by atoms with Crippen molar-refractivity contribution >= 4 is 22.1 Å². The second kappa shape index (κ2) is 6.96. The summed E-state index contributed by atoms with van der Waals surface area (Å²) in [5, 5.41) is 15.8. The molecule has 7 nitrogen and oxygen atoms in total. The van der Waals surface area contributed by atoms with Gasteiger partial charge in [-0.25, -0.2) is 4.79 Å². The largest absolute Gasteiger partial charge is 0.481 e. The lowest BCUT2D eigenvalue weighted by atomic mass is 10.4. The van der Waals surface area contributed by atoms with Crippen LogP contribution in [-0.4, -0.2) is 40.9 Å². The fraction of sp³-hybridized carbons (Fsp3) is 0.429. The summed E-state index contributed by atoms with van der Waals surface area (Å²) in [5.74, 6) is -2.90. The zero-order valence-electron chi connectivity index (χ0n) is 8.00. The highest BCUT2D eigenvalue weighted by Gasteiger charge is 2.06. The van der Waals surface area contributed by atoms with Crippen molar-refractivity contribution in [3.05, 3.63) is 12.2 Å². The van der Waals surface area contributed by atoms with Crippen LogP contribution in [0, 0.1) is 0 Å². The van der Waals surface area contributed by atoms with Crippen LogP contribution in [0.5, 0.6) is 0 Å². The van der Waals surface area contributed by atoms with E-state index in [1.165, 1.54) is 6.92 Å². The van der Waals surface area contributed by atoms with Crippen molar-refractivity contribution in [2.45, 2.75) is 13.3 Å². The normalized spacial score (nSPS) is 9.73. The number of hydrogen-bond acceptors (Lipinski definition) is 4. The predicted octanol–water partition coefficient (Wildman–Crippen LogP) is -0.00400. The second-order valence-electron chi connectivity index (χ2n) is 2.52. The van der Waals surface area contributed by atoms with E-state index in [2.05, 4.69) is 6.58 Å². The van der Waals surface area contributed by atoms with Crippen LogP contribution in [0.25, 0.3) is 0 Å². The van der Waals surface area contributed by atoms with Gasteiger partial charge in [0.25, 0.3) is 10.1 Å². The Labute approximate surface area is 86.8 Å². The molecule has 0 spiro atoms. The summed E-state index contributed by atoms with van der Waals surface area (Å²) in [7, 11) is -4.10. The van der Waals surface area contributed by atoms with Gasteiger partial charge in [0.2, 0.25) is 0 Å². The van der Waals surface area contributed by atoms with Crippen LogP contribution in [0.1, 0.15) is 13.3 Å². The molecule has 0 bridgehead atoms. The molecule has 8 heteroatoms. The highest BCUT2D eigenvalue weighted by molar-refractivity contribution is 7.85. The fourth-order valence-electron chi connectivity index (χ4n) is 0.216. The number of hydrogen-bond donors (Lipinski definition) is 3. The van der Waals surface area contributed by atoms with Crippen LogP contribution >= 0.6 is 0 Å². The number of carboxylic acids is 2. The van der Waals surface area contributed by atoms with E-state index in [0.29, 0.717) is 0 Å². The monoisotopic (exact) mass is 240 g/mol. The van der Waals surface area contributed by atoms with Gasteiger partial charge in [0.05, 0.1) is 12.2 Å². The van der Waals surface area contributed by atoms with Crippen molar-refractivity contribution in [2.24, 2.45) is 0 Å². The van der Waals surface area contributed by atoms with Crippen molar-refractivity contribution in [3.8, 4) is 0 Å². The van der Waals surface area contributed by atoms with Crippen molar-refractivity contribution in [1.29, 1.82) is 0 Å². The second-order valence-corrected chi connectivity index (χ2v) is 4.09. The Morgan fingerprint density at radius 3 is 1.67 bits per heavy atom. The smallest absolute Gasteiger partial charge is 0.330 e. The predicted molar refractivity (Wildman–Crippen MR) is 51.1 cm³/mol. The third-order valence-corrected chi connectivity index (χ3v) is 1.66. The molecule has 0 unspecified atom stereocenters. The van der Waals surface area contributed by atoms with Gasteiger partial charge < -0.3 is 10.2 Å². The zero-order chi connectivity index (χ0) is 12.6. The molecule has 0 aromatic carbocycles. The number of aliphatic carboxylic acids is 2. The van der Waals surface area contributed by atoms with E-state index in [9.17, 15) is 18.0 Å². The zero-order valence-corrected chi connectivity index (χ0v) is 8.82. The maximum atomic E-state index is 9.83. The molecule has 88 valence electrons. The highest BCUT2D eigenvalue weighted by Crippen LogP contribution is 1.86. The van der Waals surface area contributed by atoms with Crippen LogP contribution in [0.3, 0.4) is 0 Å². The summed E-state index contributed by atoms with van der Waals surface area (Å²) >= 11 is 0. The molecule has 0 saturated heterocycles. The first-order valence-corrected chi connectivity index (χ1v) is 5.23. The van der Waals surface area contributed by atoms with E-state index in [4.69, 9.17) is 14.8 Å². The Hall–Kier alpha value is -1.41. The summed E-state index contributed by atoms with van der Waals surface area (Å²) < 4.78 is 27.6. The van der Waals surface area contributed by atoms with E-state index < -0.39 is 34.2 Å². The minimum absolute atomic E-state index is 0.176. The third-order valence-electron chi connectivity index (χ3n) is 0.939. The van der Waals surface area contributed by atoms with Gasteiger partial charge in [0.15, 0.2) is 0 Å². The van der Waals surface area contributed by atoms with Crippen molar-refractivity contribution in [2.75, 3.05) is 5.75 Å². The Morgan fingerprint density at radius 2 is 1.60 bits per heavy atom. The first kappa shape index (κ1) is 16.0. The lowest BCUT2D eigenvalue weighted by Gasteiger charge is -1.89. The highest BCUT2D eigenvalue weighted by atomic mass is 32.2. The summed E-state index contributed by atoms with van der Waals surface area (Å²) in [6.45, 7) is 4.60. The maximum Gasteiger partial charge on any atom is 0.330 e. The van der Waals surface area contributed by atoms with Gasteiger partial charge in [-0.2, -0.15) is 8.42 Å². The molecule has 0 amide bonds. The SMILES string of the molecule is C=C(C)C(=O)O.O=C(O)CCS(=O)(=O)O. The molecular formula is C7H12O7S. The summed E-state index contributed by atoms with van der Waals surface area (Å²) in [6.07, 6.45) is -0.557. The molecule has 0 fully saturated rings. The van der Waals surface area contributed by atoms with Gasteiger partial charge in [0.1, 0.15) is 0 Å². The van der Waals surface area contributed by atoms with Gasteiger partial charge in [-0.05, 0) is 6.92 Å². The van der Waals surface area contributed by atoms with Gasteiger partial charge in [-0.1, -0.05) is 6.58 Å². The van der Waals surface area contributed by atoms with Gasteiger partial charge in [-0.15, -0.1) is 0 Å². The lowest BCUT2D eigenvalue weighted by Crippen LogP contribution is -2.08. The molecular weight excluding hydrogens is 228 g/mol. The third kappa shape index (κ3) is 19.1. The van der Waals surface area contributed by atoms with Gasteiger partial charge >= 0.3 is 11.9 Å². The first-order valence-electron chi connectivity index (χ1n) is 3.62. The minimum atomic E-state index is -4.10. The molecule has 0 rings (SSSR count). The van der Waals surface area contributed by atoms with E-state index in [1.807, 2.05) is 0 Å². The molecule has 0 aliphatic carbocycles. The molecule has 0 aliphatic heterocycles. The Kier molecular flexibility index (Phi) is 7.44. The van der Waals surface area contributed by atoms with Crippen LogP contribution in [0.15, 0.2) is 12.2 Å². The van der Waals surface area contributed by atoms with Gasteiger partial charge in [0, 0.05) is 5.57 Å². The molecule has 0 saturated carbocycles. The molecule has 0 heterocycles. The Balaban J connectivity index is 0. The van der Waals surface area contributed by atoms with Crippen LogP contribution in [-0.2, 0) is 19.7 Å². The van der Waals surface area contributed by atoms with Crippen LogP contribution in [0.2, 0.25) is 0 Å². The van der Waals surface area contributed by atoms with Crippen LogP contribution in [0.4, 0.5) is 0 Å². The van der Waals surface area contributed by atoms with Crippen molar-refractivity contribution in [1.82, 2.24) is 0 Å². The quantitative estimate of drug-likeness (QED) is 0.465. The average Bonchev–Trinajstić information content (AvgIpc) is 2.00. The van der Waals surface area contributed by atoms with Crippen molar-refractivity contribution < 1.29 is 32.8 Å². The molecule has 0 radical (unpaired) electrons. The Bertz CT molecular complexity index is 328. The van der Waals surface area contributed by atoms with E-state index in [-0.39, 0.29) is 5.57 Å². The molecule has 0 aliphatic rings. The minimum Gasteiger partial charge on any atom is -0.481 e. The summed E-state index contributed by atoms with van der Waals surface area (Å²) in [6, 6.07) is 0. The average molecular weight is 240 g/mol. The van der Waals surface area contributed by atoms with E-state index in [1.54, 1.807) is 0 Å². The van der Waals surface area contributed by atoms with E-state index in [0.717, 1.165) is 0 Å².